The summed E-state index contributed by atoms with van der Waals surface area (Å²) < 4.78 is 40.1. The zero-order chi connectivity index (χ0) is 15.6. The quantitative estimate of drug-likeness (QED) is 0.943. The van der Waals surface area contributed by atoms with Crippen LogP contribution in [0.15, 0.2) is 47.4 Å². The first-order valence-electron chi connectivity index (χ1n) is 6.40. The van der Waals surface area contributed by atoms with Crippen LogP contribution in [0.1, 0.15) is 11.1 Å². The summed E-state index contributed by atoms with van der Waals surface area (Å²) in [4.78, 5) is -0.367. The Bertz CT molecular complexity index is 743. The van der Waals surface area contributed by atoms with Crippen LogP contribution in [-0.4, -0.2) is 15.5 Å². The Labute approximate surface area is 124 Å². The van der Waals surface area contributed by atoms with Crippen LogP contribution >= 0.6 is 0 Å². The summed E-state index contributed by atoms with van der Waals surface area (Å²) in [7, 11) is -2.57. The normalized spacial score (nSPS) is 11.4. The summed E-state index contributed by atoms with van der Waals surface area (Å²) in [6.45, 7) is 2.06. The molecule has 2 aromatic carbocycles. The van der Waals surface area contributed by atoms with Gasteiger partial charge < -0.3 is 5.73 Å². The first-order chi connectivity index (χ1) is 9.86. The van der Waals surface area contributed by atoms with Gasteiger partial charge in [0.25, 0.3) is 10.0 Å². The summed E-state index contributed by atoms with van der Waals surface area (Å²) in [5.41, 5.74) is 7.53. The van der Waals surface area contributed by atoms with Crippen LogP contribution in [-0.2, 0) is 16.6 Å². The van der Waals surface area contributed by atoms with Gasteiger partial charge in [-0.05, 0) is 36.8 Å². The molecule has 21 heavy (non-hydrogen) atoms. The third-order valence-electron chi connectivity index (χ3n) is 3.27. The molecule has 0 heterocycles. The first kappa shape index (κ1) is 15.5. The van der Waals surface area contributed by atoms with E-state index < -0.39 is 15.8 Å². The highest BCUT2D eigenvalue weighted by atomic mass is 32.2. The van der Waals surface area contributed by atoms with Crippen molar-refractivity contribution in [3.05, 3.63) is 59.4 Å². The topological polar surface area (TPSA) is 63.4 Å². The predicted octanol–water partition coefficient (Wildman–Crippen LogP) is 2.42. The highest BCUT2D eigenvalue weighted by Gasteiger charge is 2.25. The lowest BCUT2D eigenvalue weighted by molar-refractivity contribution is 0.565. The van der Waals surface area contributed by atoms with Crippen molar-refractivity contribution in [2.75, 3.05) is 11.4 Å². The molecule has 0 bridgehead atoms. The van der Waals surface area contributed by atoms with E-state index in [0.717, 1.165) is 15.9 Å². The molecule has 0 spiro atoms. The van der Waals surface area contributed by atoms with Crippen LogP contribution in [0.5, 0.6) is 0 Å². The molecule has 6 heteroatoms. The molecule has 0 saturated heterocycles. The lowest BCUT2D eigenvalue weighted by Gasteiger charge is -2.20. The van der Waals surface area contributed by atoms with Gasteiger partial charge in [0.05, 0.1) is 5.69 Å². The maximum atomic E-state index is 13.9. The van der Waals surface area contributed by atoms with Gasteiger partial charge in [0.15, 0.2) is 0 Å². The zero-order valence-electron chi connectivity index (χ0n) is 11.9. The smallest absolute Gasteiger partial charge is 0.266 e. The molecule has 0 amide bonds. The van der Waals surface area contributed by atoms with Crippen LogP contribution in [0.25, 0.3) is 0 Å². The Balaban J connectivity index is 2.48. The fraction of sp³-hybridized carbons (Fsp3) is 0.200. The van der Waals surface area contributed by atoms with Crippen molar-refractivity contribution in [3.63, 3.8) is 0 Å². The van der Waals surface area contributed by atoms with E-state index in [1.165, 1.54) is 19.2 Å². The monoisotopic (exact) mass is 308 g/mol. The second-order valence-electron chi connectivity index (χ2n) is 4.78. The van der Waals surface area contributed by atoms with E-state index in [-0.39, 0.29) is 11.4 Å². The van der Waals surface area contributed by atoms with Crippen molar-refractivity contribution in [2.24, 2.45) is 5.73 Å². The largest absolute Gasteiger partial charge is 0.326 e. The van der Waals surface area contributed by atoms with E-state index in [0.29, 0.717) is 11.3 Å². The molecule has 0 unspecified atom stereocenters. The van der Waals surface area contributed by atoms with Crippen LogP contribution in [0.4, 0.5) is 10.1 Å². The van der Waals surface area contributed by atoms with Crippen LogP contribution in [0.2, 0.25) is 0 Å². The van der Waals surface area contributed by atoms with Crippen molar-refractivity contribution in [1.82, 2.24) is 0 Å². The number of hydrogen-bond donors (Lipinski definition) is 1. The van der Waals surface area contributed by atoms with E-state index in [9.17, 15) is 12.8 Å². The zero-order valence-corrected chi connectivity index (χ0v) is 12.7. The minimum Gasteiger partial charge on any atom is -0.326 e. The maximum Gasteiger partial charge on any atom is 0.266 e. The van der Waals surface area contributed by atoms with Gasteiger partial charge in [-0.25, -0.2) is 12.8 Å². The molecular weight excluding hydrogens is 291 g/mol. The van der Waals surface area contributed by atoms with Gasteiger partial charge in [-0.3, -0.25) is 4.31 Å². The fourth-order valence-electron chi connectivity index (χ4n) is 1.91. The second kappa shape index (κ2) is 5.83. The molecule has 2 N–H and O–H groups in total. The molecule has 112 valence electrons. The summed E-state index contributed by atoms with van der Waals surface area (Å²) in [6.07, 6.45) is 0. The Morgan fingerprint density at radius 2 is 1.76 bits per heavy atom. The van der Waals surface area contributed by atoms with Gasteiger partial charge in [-0.1, -0.05) is 23.8 Å². The molecular formula is C15H17FN2O2S. The summed E-state index contributed by atoms with van der Waals surface area (Å²) >= 11 is 0. The molecule has 0 aromatic heterocycles. The highest BCUT2D eigenvalue weighted by Crippen LogP contribution is 2.25. The number of anilines is 1. The third-order valence-corrected chi connectivity index (χ3v) is 5.07. The van der Waals surface area contributed by atoms with Crippen LogP contribution < -0.4 is 10.0 Å². The number of nitrogens with zero attached hydrogens (tertiary/aromatic N) is 1. The number of sulfonamides is 1. The van der Waals surface area contributed by atoms with Gasteiger partial charge >= 0.3 is 0 Å². The molecule has 2 rings (SSSR count). The molecule has 0 aliphatic heterocycles. The molecule has 2 aromatic rings. The van der Waals surface area contributed by atoms with Crippen LogP contribution in [0.3, 0.4) is 0 Å². The van der Waals surface area contributed by atoms with Crippen molar-refractivity contribution in [2.45, 2.75) is 18.4 Å². The Morgan fingerprint density at radius 1 is 1.14 bits per heavy atom. The van der Waals surface area contributed by atoms with E-state index in [4.69, 9.17) is 5.73 Å². The van der Waals surface area contributed by atoms with Gasteiger partial charge in [0.2, 0.25) is 0 Å². The van der Waals surface area contributed by atoms with Crippen molar-refractivity contribution < 1.29 is 12.8 Å². The summed E-state index contributed by atoms with van der Waals surface area (Å²) in [5, 5.41) is 0. The molecule has 0 radical (unpaired) electrons. The Hall–Kier alpha value is -1.92. The lowest BCUT2D eigenvalue weighted by Crippen LogP contribution is -2.27. The Kier molecular flexibility index (Phi) is 4.29. The number of benzene rings is 2. The fourth-order valence-corrected chi connectivity index (χ4v) is 3.22. The summed E-state index contributed by atoms with van der Waals surface area (Å²) in [6, 6.07) is 10.8. The summed E-state index contributed by atoms with van der Waals surface area (Å²) in [5.74, 6) is -0.786. The maximum absolute atomic E-state index is 13.9. The Morgan fingerprint density at radius 3 is 2.33 bits per heavy atom. The molecule has 4 nitrogen and oxygen atoms in total. The van der Waals surface area contributed by atoms with E-state index >= 15 is 0 Å². The number of halogens is 1. The van der Waals surface area contributed by atoms with Gasteiger partial charge in [-0.2, -0.15) is 0 Å². The molecule has 0 fully saturated rings. The van der Waals surface area contributed by atoms with Gasteiger partial charge in [-0.15, -0.1) is 0 Å². The SMILES string of the molecule is Cc1ccc(N(C)S(=O)(=O)c2cc(CN)ccc2F)cc1. The highest BCUT2D eigenvalue weighted by molar-refractivity contribution is 7.92. The second-order valence-corrected chi connectivity index (χ2v) is 6.71. The number of hydrogen-bond acceptors (Lipinski definition) is 3. The lowest BCUT2D eigenvalue weighted by atomic mass is 10.2. The average Bonchev–Trinajstić information content (AvgIpc) is 2.47. The van der Waals surface area contributed by atoms with E-state index in [1.54, 1.807) is 24.3 Å². The van der Waals surface area contributed by atoms with Crippen molar-refractivity contribution in [1.29, 1.82) is 0 Å². The van der Waals surface area contributed by atoms with Crippen molar-refractivity contribution in [3.8, 4) is 0 Å². The minimum absolute atomic E-state index is 0.150. The van der Waals surface area contributed by atoms with Crippen LogP contribution in [0, 0.1) is 12.7 Å². The molecule has 0 aliphatic carbocycles. The number of rotatable bonds is 4. The standard InChI is InChI=1S/C15H17FN2O2S/c1-11-3-6-13(7-4-11)18(2)21(19,20)15-9-12(10-17)5-8-14(15)16/h3-9H,10,17H2,1-2H3. The minimum atomic E-state index is -3.97. The van der Waals surface area contributed by atoms with Crippen molar-refractivity contribution >= 4 is 15.7 Å². The number of nitrogens with two attached hydrogens (primary N) is 1. The first-order valence-corrected chi connectivity index (χ1v) is 7.84. The average molecular weight is 308 g/mol. The number of aryl methyl sites for hydroxylation is 1. The third kappa shape index (κ3) is 3.06. The molecule has 0 aliphatic rings. The van der Waals surface area contributed by atoms with E-state index in [2.05, 4.69) is 0 Å². The predicted molar refractivity (Wildman–Crippen MR) is 81.1 cm³/mol. The van der Waals surface area contributed by atoms with Gasteiger partial charge in [0.1, 0.15) is 10.7 Å². The molecule has 0 saturated carbocycles. The van der Waals surface area contributed by atoms with E-state index in [1.807, 2.05) is 6.92 Å². The van der Waals surface area contributed by atoms with Gasteiger partial charge in [0, 0.05) is 13.6 Å². The molecule has 0 atom stereocenters.